The highest BCUT2D eigenvalue weighted by Gasteiger charge is 2.39. The largest absolute Gasteiger partial charge is 0.471 e. The second kappa shape index (κ2) is 5.53. The van der Waals surface area contributed by atoms with E-state index in [9.17, 15) is 22.4 Å². The normalized spacial score (nSPS) is 13.2. The molecule has 0 aliphatic heterocycles. The van der Waals surface area contributed by atoms with Crippen molar-refractivity contribution in [3.05, 3.63) is 34.6 Å². The maximum Gasteiger partial charge on any atom is 0.471 e. The third-order valence-electron chi connectivity index (χ3n) is 2.09. The van der Waals surface area contributed by atoms with Gasteiger partial charge in [-0.05, 0) is 17.7 Å². The second-order valence-corrected chi connectivity index (χ2v) is 3.79. The van der Waals surface area contributed by atoms with Crippen LogP contribution in [0.1, 0.15) is 11.6 Å². The summed E-state index contributed by atoms with van der Waals surface area (Å²) in [6, 6.07) is 1.82. The molecule has 1 aromatic rings. The Morgan fingerprint density at radius 1 is 1.44 bits per heavy atom. The molecule has 100 valence electrons. The predicted octanol–water partition coefficient (Wildman–Crippen LogP) is 2.19. The molecule has 0 saturated carbocycles. The van der Waals surface area contributed by atoms with Gasteiger partial charge in [0.05, 0.1) is 17.7 Å². The summed E-state index contributed by atoms with van der Waals surface area (Å²) in [5, 5.41) is 10.3. The number of hydrogen-bond donors (Lipinski definition) is 2. The van der Waals surface area contributed by atoms with Gasteiger partial charge in [-0.1, -0.05) is 17.7 Å². The molecule has 3 nitrogen and oxygen atoms in total. The minimum atomic E-state index is -5.07. The van der Waals surface area contributed by atoms with Crippen LogP contribution in [-0.2, 0) is 4.79 Å². The van der Waals surface area contributed by atoms with E-state index in [-0.39, 0.29) is 10.6 Å². The highest BCUT2D eigenvalue weighted by atomic mass is 35.5. The van der Waals surface area contributed by atoms with Crippen LogP contribution in [0.2, 0.25) is 5.02 Å². The topological polar surface area (TPSA) is 49.3 Å². The number of nitrogens with one attached hydrogen (secondary N) is 1. The number of aliphatic hydroxyl groups is 1. The summed E-state index contributed by atoms with van der Waals surface area (Å²) in [5.41, 5.74) is -0.0167. The van der Waals surface area contributed by atoms with Gasteiger partial charge in [0, 0.05) is 0 Å². The van der Waals surface area contributed by atoms with Crippen molar-refractivity contribution in [3.63, 3.8) is 0 Å². The molecule has 1 aromatic carbocycles. The minimum absolute atomic E-state index is 0.0167. The van der Waals surface area contributed by atoms with E-state index in [4.69, 9.17) is 16.7 Å². The molecule has 8 heteroatoms. The monoisotopic (exact) mass is 285 g/mol. The van der Waals surface area contributed by atoms with Gasteiger partial charge in [0.1, 0.15) is 5.82 Å². The Bertz CT molecular complexity index is 450. The van der Waals surface area contributed by atoms with Gasteiger partial charge in [-0.15, -0.1) is 0 Å². The fraction of sp³-hybridized carbons (Fsp3) is 0.300. The zero-order chi connectivity index (χ0) is 13.9. The molecule has 2 N–H and O–H groups in total. The van der Waals surface area contributed by atoms with Crippen LogP contribution in [0.4, 0.5) is 17.6 Å². The van der Waals surface area contributed by atoms with E-state index in [1.165, 1.54) is 6.07 Å². The van der Waals surface area contributed by atoms with Crippen LogP contribution in [0.15, 0.2) is 18.2 Å². The van der Waals surface area contributed by atoms with Gasteiger partial charge in [-0.3, -0.25) is 4.79 Å². The Hall–Kier alpha value is -1.34. The average molecular weight is 286 g/mol. The third-order valence-corrected chi connectivity index (χ3v) is 2.40. The van der Waals surface area contributed by atoms with Crippen molar-refractivity contribution in [2.24, 2.45) is 0 Å². The van der Waals surface area contributed by atoms with Crippen LogP contribution < -0.4 is 5.32 Å². The van der Waals surface area contributed by atoms with Gasteiger partial charge in [-0.2, -0.15) is 13.2 Å². The molecule has 0 saturated heterocycles. The third kappa shape index (κ3) is 3.58. The van der Waals surface area contributed by atoms with E-state index in [2.05, 4.69) is 0 Å². The lowest BCUT2D eigenvalue weighted by Crippen LogP contribution is -2.40. The van der Waals surface area contributed by atoms with Crippen molar-refractivity contribution in [3.8, 4) is 0 Å². The molecule has 1 atom stereocenters. The molecular weight excluding hydrogens is 278 g/mol. The van der Waals surface area contributed by atoms with E-state index in [0.29, 0.717) is 0 Å². The van der Waals surface area contributed by atoms with Crippen molar-refractivity contribution in [1.29, 1.82) is 0 Å². The number of rotatable bonds is 3. The first-order valence-corrected chi connectivity index (χ1v) is 5.07. The van der Waals surface area contributed by atoms with Gasteiger partial charge in [0.25, 0.3) is 0 Å². The van der Waals surface area contributed by atoms with E-state index in [1.54, 1.807) is 5.32 Å². The Labute approximate surface area is 104 Å². The number of carbonyl (C=O) groups excluding carboxylic acids is 1. The molecule has 1 amide bonds. The van der Waals surface area contributed by atoms with Crippen LogP contribution in [0.5, 0.6) is 0 Å². The molecule has 0 bridgehead atoms. The van der Waals surface area contributed by atoms with Crippen molar-refractivity contribution in [2.75, 3.05) is 6.61 Å². The van der Waals surface area contributed by atoms with Gasteiger partial charge >= 0.3 is 12.1 Å². The Morgan fingerprint density at radius 3 is 2.50 bits per heavy atom. The van der Waals surface area contributed by atoms with E-state index in [1.807, 2.05) is 0 Å². The summed E-state index contributed by atoms with van der Waals surface area (Å²) in [6.45, 7) is -0.803. The number of carbonyl (C=O) groups is 1. The highest BCUT2D eigenvalue weighted by molar-refractivity contribution is 6.30. The minimum Gasteiger partial charge on any atom is -0.394 e. The maximum absolute atomic E-state index is 13.1. The fourth-order valence-electron chi connectivity index (χ4n) is 1.20. The van der Waals surface area contributed by atoms with Crippen molar-refractivity contribution < 1.29 is 27.5 Å². The number of amides is 1. The predicted molar refractivity (Wildman–Crippen MR) is 55.4 cm³/mol. The first-order valence-electron chi connectivity index (χ1n) is 4.69. The lowest BCUT2D eigenvalue weighted by atomic mass is 10.1. The molecule has 0 aromatic heterocycles. The van der Waals surface area contributed by atoms with E-state index < -0.39 is 30.5 Å². The van der Waals surface area contributed by atoms with Crippen LogP contribution in [0.25, 0.3) is 0 Å². The second-order valence-electron chi connectivity index (χ2n) is 3.38. The summed E-state index contributed by atoms with van der Waals surface area (Å²) in [7, 11) is 0. The average Bonchev–Trinajstić information content (AvgIpc) is 2.28. The molecule has 1 rings (SSSR count). The molecule has 0 radical (unpaired) electrons. The first-order chi connectivity index (χ1) is 8.25. The van der Waals surface area contributed by atoms with E-state index in [0.717, 1.165) is 12.1 Å². The summed E-state index contributed by atoms with van der Waals surface area (Å²) < 4.78 is 49.1. The van der Waals surface area contributed by atoms with Gasteiger partial charge in [0.15, 0.2) is 0 Å². The Balaban J connectivity index is 2.90. The Morgan fingerprint density at radius 2 is 2.06 bits per heavy atom. The first kappa shape index (κ1) is 14.7. The van der Waals surface area contributed by atoms with Crippen molar-refractivity contribution in [2.45, 2.75) is 12.2 Å². The zero-order valence-electron chi connectivity index (χ0n) is 8.76. The SMILES string of the molecule is O=C(NC(CO)c1ccc(Cl)c(F)c1)C(F)(F)F. The quantitative estimate of drug-likeness (QED) is 0.837. The van der Waals surface area contributed by atoms with Crippen LogP contribution in [0.3, 0.4) is 0 Å². The molecule has 18 heavy (non-hydrogen) atoms. The van der Waals surface area contributed by atoms with Crippen LogP contribution in [-0.4, -0.2) is 23.8 Å². The van der Waals surface area contributed by atoms with Gasteiger partial charge < -0.3 is 10.4 Å². The van der Waals surface area contributed by atoms with E-state index >= 15 is 0 Å². The molecular formula is C10H8ClF4NO2. The molecule has 0 heterocycles. The van der Waals surface area contributed by atoms with Crippen LogP contribution in [0, 0.1) is 5.82 Å². The molecule has 0 spiro atoms. The standard InChI is InChI=1S/C10H8ClF4NO2/c11-6-2-1-5(3-7(6)12)8(4-17)16-9(18)10(13,14)15/h1-3,8,17H,4H2,(H,16,18). The van der Waals surface area contributed by atoms with Gasteiger partial charge in [-0.25, -0.2) is 4.39 Å². The molecule has 0 fully saturated rings. The van der Waals surface area contributed by atoms with Crippen LogP contribution >= 0.6 is 11.6 Å². The van der Waals surface area contributed by atoms with Crippen molar-refractivity contribution >= 4 is 17.5 Å². The summed E-state index contributed by atoms with van der Waals surface area (Å²) in [6.07, 6.45) is -5.07. The summed E-state index contributed by atoms with van der Waals surface area (Å²) in [4.78, 5) is 10.7. The number of halogens is 5. The lowest BCUT2D eigenvalue weighted by Gasteiger charge is -2.18. The lowest BCUT2D eigenvalue weighted by molar-refractivity contribution is -0.174. The smallest absolute Gasteiger partial charge is 0.394 e. The molecule has 0 aliphatic carbocycles. The highest BCUT2D eigenvalue weighted by Crippen LogP contribution is 2.22. The number of benzene rings is 1. The molecule has 1 unspecified atom stereocenters. The number of aliphatic hydroxyl groups excluding tert-OH is 1. The molecule has 0 aliphatic rings. The number of hydrogen-bond acceptors (Lipinski definition) is 2. The number of alkyl halides is 3. The summed E-state index contributed by atoms with van der Waals surface area (Å²) in [5.74, 6) is -3.06. The fourth-order valence-corrected chi connectivity index (χ4v) is 1.32. The Kier molecular flexibility index (Phi) is 4.53. The zero-order valence-corrected chi connectivity index (χ0v) is 9.52. The van der Waals surface area contributed by atoms with Gasteiger partial charge in [0.2, 0.25) is 0 Å². The van der Waals surface area contributed by atoms with Crippen molar-refractivity contribution in [1.82, 2.24) is 5.32 Å². The summed E-state index contributed by atoms with van der Waals surface area (Å²) >= 11 is 5.40. The maximum atomic E-state index is 13.1.